The van der Waals surface area contributed by atoms with E-state index in [1.54, 1.807) is 18.2 Å². The Hall–Kier alpha value is -2.03. The van der Waals surface area contributed by atoms with Crippen molar-refractivity contribution >= 4 is 5.69 Å². The van der Waals surface area contributed by atoms with Crippen LogP contribution in [0.15, 0.2) is 42.5 Å². The molecule has 1 heterocycles. The summed E-state index contributed by atoms with van der Waals surface area (Å²) in [7, 11) is 0. The second-order valence-corrected chi connectivity index (χ2v) is 4.53. The summed E-state index contributed by atoms with van der Waals surface area (Å²) >= 11 is 0. The van der Waals surface area contributed by atoms with Crippen LogP contribution in [0.25, 0.3) is 0 Å². The summed E-state index contributed by atoms with van der Waals surface area (Å²) in [5.74, 6) is 0.102. The van der Waals surface area contributed by atoms with Crippen LogP contribution in [-0.4, -0.2) is 11.7 Å². The van der Waals surface area contributed by atoms with E-state index in [1.165, 1.54) is 6.07 Å². The summed E-state index contributed by atoms with van der Waals surface area (Å²) in [6.45, 7) is 0.715. The van der Waals surface area contributed by atoms with E-state index in [2.05, 4.69) is 5.32 Å². The normalized spacial score (nSPS) is 17.9. The maximum atomic E-state index is 13.7. The molecule has 0 saturated carbocycles. The second-order valence-electron chi connectivity index (χ2n) is 4.53. The third-order valence-corrected chi connectivity index (χ3v) is 3.47. The van der Waals surface area contributed by atoms with Gasteiger partial charge >= 0.3 is 0 Å². The molecule has 0 aliphatic carbocycles. The predicted octanol–water partition coefficient (Wildman–Crippen LogP) is 3.48. The number of hydrogen-bond donors (Lipinski definition) is 2. The van der Waals surface area contributed by atoms with Gasteiger partial charge < -0.3 is 10.4 Å². The van der Waals surface area contributed by atoms with Gasteiger partial charge in [0.15, 0.2) is 0 Å². The minimum Gasteiger partial charge on any atom is -0.508 e. The molecule has 92 valence electrons. The number of fused-ring (bicyclic) bond motifs is 1. The molecule has 0 amide bonds. The highest BCUT2D eigenvalue weighted by Crippen LogP contribution is 2.40. The molecular formula is C15H14FNO. The zero-order chi connectivity index (χ0) is 12.5. The maximum Gasteiger partial charge on any atom is 0.146 e. The van der Waals surface area contributed by atoms with Gasteiger partial charge in [0, 0.05) is 18.0 Å². The van der Waals surface area contributed by atoms with Crippen molar-refractivity contribution in [1.29, 1.82) is 0 Å². The lowest BCUT2D eigenvalue weighted by atomic mass is 9.84. The first-order valence-electron chi connectivity index (χ1n) is 6.07. The van der Waals surface area contributed by atoms with Crippen LogP contribution in [0, 0.1) is 5.82 Å². The van der Waals surface area contributed by atoms with Crippen LogP contribution in [0.5, 0.6) is 5.75 Å². The number of halogens is 1. The van der Waals surface area contributed by atoms with Crippen molar-refractivity contribution in [2.75, 3.05) is 11.9 Å². The molecule has 2 N–H and O–H groups in total. The third kappa shape index (κ3) is 1.72. The van der Waals surface area contributed by atoms with Crippen LogP contribution in [0.3, 0.4) is 0 Å². The van der Waals surface area contributed by atoms with Gasteiger partial charge in [-0.3, -0.25) is 0 Å². The Morgan fingerprint density at radius 2 is 1.83 bits per heavy atom. The van der Waals surface area contributed by atoms with Crippen LogP contribution in [0.2, 0.25) is 0 Å². The Morgan fingerprint density at radius 1 is 1.06 bits per heavy atom. The number of phenols is 1. The molecular weight excluding hydrogens is 229 g/mol. The standard InChI is InChI=1S/C15H14FNO/c16-13-6-3-5-12-10(8-9-17-15(12)13)11-4-1-2-7-14(11)18/h1-7,10,17-18H,8-9H2. The minimum atomic E-state index is -0.229. The highest BCUT2D eigenvalue weighted by molar-refractivity contribution is 5.59. The summed E-state index contributed by atoms with van der Waals surface area (Å²) in [5.41, 5.74) is 2.35. The van der Waals surface area contributed by atoms with Gasteiger partial charge in [-0.2, -0.15) is 0 Å². The molecule has 0 spiro atoms. The van der Waals surface area contributed by atoms with Crippen LogP contribution >= 0.6 is 0 Å². The van der Waals surface area contributed by atoms with Gasteiger partial charge in [0.1, 0.15) is 11.6 Å². The fourth-order valence-electron chi connectivity index (χ4n) is 2.62. The number of hydrogen-bond acceptors (Lipinski definition) is 2. The molecule has 0 aromatic heterocycles. The predicted molar refractivity (Wildman–Crippen MR) is 69.5 cm³/mol. The Labute approximate surface area is 105 Å². The number of rotatable bonds is 1. The first kappa shape index (κ1) is 11.1. The fourth-order valence-corrected chi connectivity index (χ4v) is 2.62. The molecule has 0 fully saturated rings. The molecule has 3 rings (SSSR count). The van der Waals surface area contributed by atoms with E-state index in [0.29, 0.717) is 12.2 Å². The maximum absolute atomic E-state index is 13.7. The van der Waals surface area contributed by atoms with Gasteiger partial charge in [0.25, 0.3) is 0 Å². The van der Waals surface area contributed by atoms with E-state index in [4.69, 9.17) is 0 Å². The number of anilines is 1. The summed E-state index contributed by atoms with van der Waals surface area (Å²) in [4.78, 5) is 0. The topological polar surface area (TPSA) is 32.3 Å². The summed E-state index contributed by atoms with van der Waals surface area (Å²) in [6, 6.07) is 12.4. The molecule has 2 aromatic rings. The molecule has 0 saturated heterocycles. The number of benzene rings is 2. The average Bonchev–Trinajstić information content (AvgIpc) is 2.40. The van der Waals surface area contributed by atoms with Gasteiger partial charge in [-0.1, -0.05) is 30.3 Å². The van der Waals surface area contributed by atoms with Crippen molar-refractivity contribution in [3.05, 3.63) is 59.4 Å². The Bertz CT molecular complexity index is 582. The highest BCUT2D eigenvalue weighted by Gasteiger charge is 2.25. The largest absolute Gasteiger partial charge is 0.508 e. The van der Waals surface area contributed by atoms with Crippen molar-refractivity contribution in [2.24, 2.45) is 0 Å². The molecule has 1 aliphatic rings. The van der Waals surface area contributed by atoms with E-state index in [1.807, 2.05) is 18.2 Å². The Balaban J connectivity index is 2.12. The lowest BCUT2D eigenvalue weighted by molar-refractivity contribution is 0.462. The second kappa shape index (κ2) is 4.33. The molecule has 1 aliphatic heterocycles. The molecule has 0 radical (unpaired) electrons. The molecule has 2 aromatic carbocycles. The minimum absolute atomic E-state index is 0.0538. The van der Waals surface area contributed by atoms with Crippen LogP contribution in [0.1, 0.15) is 23.5 Å². The monoisotopic (exact) mass is 243 g/mol. The quantitative estimate of drug-likeness (QED) is 0.803. The van der Waals surface area contributed by atoms with Crippen molar-refractivity contribution in [3.63, 3.8) is 0 Å². The number of phenolic OH excluding ortho intramolecular Hbond substituents is 1. The van der Waals surface area contributed by atoms with Crippen molar-refractivity contribution in [2.45, 2.75) is 12.3 Å². The van der Waals surface area contributed by atoms with Crippen LogP contribution in [-0.2, 0) is 0 Å². The average molecular weight is 243 g/mol. The SMILES string of the molecule is Oc1ccccc1C1CCNc2c(F)cccc21. The van der Waals surface area contributed by atoms with Gasteiger partial charge in [-0.15, -0.1) is 0 Å². The molecule has 0 bridgehead atoms. The number of para-hydroxylation sites is 2. The van der Waals surface area contributed by atoms with E-state index in [9.17, 15) is 9.50 Å². The van der Waals surface area contributed by atoms with Gasteiger partial charge in [0.05, 0.1) is 5.69 Å². The van der Waals surface area contributed by atoms with Crippen LogP contribution in [0.4, 0.5) is 10.1 Å². The lowest BCUT2D eigenvalue weighted by Gasteiger charge is -2.27. The highest BCUT2D eigenvalue weighted by atomic mass is 19.1. The molecule has 18 heavy (non-hydrogen) atoms. The Kier molecular flexibility index (Phi) is 2.67. The molecule has 1 unspecified atom stereocenters. The van der Waals surface area contributed by atoms with Gasteiger partial charge in [0.2, 0.25) is 0 Å². The molecule has 1 atom stereocenters. The van der Waals surface area contributed by atoms with E-state index in [0.717, 1.165) is 17.5 Å². The lowest BCUT2D eigenvalue weighted by Crippen LogP contribution is -2.18. The van der Waals surface area contributed by atoms with Gasteiger partial charge in [-0.05, 0) is 24.1 Å². The van der Waals surface area contributed by atoms with Gasteiger partial charge in [-0.25, -0.2) is 4.39 Å². The zero-order valence-electron chi connectivity index (χ0n) is 9.86. The summed E-state index contributed by atoms with van der Waals surface area (Å²) in [6.07, 6.45) is 0.855. The van der Waals surface area contributed by atoms with E-state index >= 15 is 0 Å². The number of aromatic hydroxyl groups is 1. The fraction of sp³-hybridized carbons (Fsp3) is 0.200. The Morgan fingerprint density at radius 3 is 2.67 bits per heavy atom. The third-order valence-electron chi connectivity index (χ3n) is 3.47. The summed E-state index contributed by atoms with van der Waals surface area (Å²) in [5, 5.41) is 13.0. The zero-order valence-corrected chi connectivity index (χ0v) is 9.86. The summed E-state index contributed by atoms with van der Waals surface area (Å²) < 4.78 is 13.7. The van der Waals surface area contributed by atoms with Crippen molar-refractivity contribution < 1.29 is 9.50 Å². The van der Waals surface area contributed by atoms with Crippen molar-refractivity contribution in [1.82, 2.24) is 0 Å². The first-order valence-corrected chi connectivity index (χ1v) is 6.07. The molecule has 2 nitrogen and oxygen atoms in total. The number of nitrogens with one attached hydrogen (secondary N) is 1. The van der Waals surface area contributed by atoms with Crippen molar-refractivity contribution in [3.8, 4) is 5.75 Å². The first-order chi connectivity index (χ1) is 8.77. The van der Waals surface area contributed by atoms with E-state index in [-0.39, 0.29) is 17.5 Å². The molecule has 3 heteroatoms. The van der Waals surface area contributed by atoms with E-state index < -0.39 is 0 Å². The smallest absolute Gasteiger partial charge is 0.146 e. The van der Waals surface area contributed by atoms with Crippen LogP contribution < -0.4 is 5.32 Å².